The largest absolute Gasteiger partial charge is 0.550 e. The van der Waals surface area contributed by atoms with Gasteiger partial charge in [-0.15, -0.1) is 11.3 Å². The number of thiazole rings is 1. The zero-order valence-electron chi connectivity index (χ0n) is 13.0. The molecular formula is C17H19N2O3S-. The number of benzene rings is 1. The smallest absolute Gasteiger partial charge is 0.226 e. The molecule has 1 aromatic heterocycles. The number of nitrogens with one attached hydrogen (secondary N) is 1. The number of carbonyl (C=O) groups excluding carboxylic acids is 2. The van der Waals surface area contributed by atoms with Gasteiger partial charge in [-0.2, -0.15) is 0 Å². The van der Waals surface area contributed by atoms with Crippen molar-refractivity contribution < 1.29 is 14.7 Å². The van der Waals surface area contributed by atoms with Crippen molar-refractivity contribution in [1.29, 1.82) is 0 Å². The van der Waals surface area contributed by atoms with Crippen molar-refractivity contribution in [2.45, 2.75) is 32.6 Å². The van der Waals surface area contributed by atoms with Gasteiger partial charge in [0.1, 0.15) is 0 Å². The Kier molecular flexibility index (Phi) is 6.29. The molecule has 1 amide bonds. The average molecular weight is 331 g/mol. The van der Waals surface area contributed by atoms with Crippen LogP contribution in [0, 0.1) is 5.92 Å². The number of carbonyl (C=O) groups is 2. The molecule has 0 unspecified atom stereocenters. The molecule has 0 bridgehead atoms. The predicted octanol–water partition coefficient (Wildman–Crippen LogP) is 2.70. The quantitative estimate of drug-likeness (QED) is 0.806. The highest BCUT2D eigenvalue weighted by molar-refractivity contribution is 7.14. The summed E-state index contributed by atoms with van der Waals surface area (Å²) in [6, 6.07) is 9.70. The van der Waals surface area contributed by atoms with Crippen LogP contribution in [0.3, 0.4) is 0 Å². The maximum absolute atomic E-state index is 11.9. The van der Waals surface area contributed by atoms with Crippen LogP contribution in [0.15, 0.2) is 35.7 Å². The Morgan fingerprint density at radius 2 is 2.00 bits per heavy atom. The van der Waals surface area contributed by atoms with Crippen molar-refractivity contribution in [3.63, 3.8) is 0 Å². The van der Waals surface area contributed by atoms with Crippen molar-refractivity contribution in [3.8, 4) is 11.3 Å². The van der Waals surface area contributed by atoms with Crippen LogP contribution >= 0.6 is 11.3 Å². The van der Waals surface area contributed by atoms with Gasteiger partial charge in [-0.05, 0) is 18.8 Å². The lowest BCUT2D eigenvalue weighted by Gasteiger charge is -2.16. The Bertz CT molecular complexity index is 655. The lowest BCUT2D eigenvalue weighted by Crippen LogP contribution is -2.32. The van der Waals surface area contributed by atoms with E-state index in [1.165, 1.54) is 11.3 Å². The topological polar surface area (TPSA) is 82.1 Å². The summed E-state index contributed by atoms with van der Waals surface area (Å²) in [6.45, 7) is 1.91. The molecule has 0 saturated heterocycles. The van der Waals surface area contributed by atoms with E-state index in [4.69, 9.17) is 0 Å². The van der Waals surface area contributed by atoms with Gasteiger partial charge in [0.15, 0.2) is 5.13 Å². The molecule has 2 rings (SSSR count). The van der Waals surface area contributed by atoms with E-state index in [9.17, 15) is 14.7 Å². The second-order valence-electron chi connectivity index (χ2n) is 5.30. The lowest BCUT2D eigenvalue weighted by atomic mass is 9.98. The molecule has 0 radical (unpaired) electrons. The SMILES string of the molecule is CCC[C@H](CCC(=O)Nc1nc(-c2ccccc2)cs1)C(=O)[O-]. The molecule has 122 valence electrons. The molecule has 1 atom stereocenters. The first-order valence-corrected chi connectivity index (χ1v) is 8.49. The third kappa shape index (κ3) is 5.17. The monoisotopic (exact) mass is 331 g/mol. The van der Waals surface area contributed by atoms with Crippen LogP contribution in [-0.4, -0.2) is 16.9 Å². The highest BCUT2D eigenvalue weighted by atomic mass is 32.1. The van der Waals surface area contributed by atoms with E-state index < -0.39 is 11.9 Å². The molecule has 0 spiro atoms. The number of amides is 1. The van der Waals surface area contributed by atoms with E-state index >= 15 is 0 Å². The normalized spacial score (nSPS) is 11.9. The second-order valence-corrected chi connectivity index (χ2v) is 6.15. The number of nitrogens with zero attached hydrogens (tertiary/aromatic N) is 1. The fourth-order valence-electron chi connectivity index (χ4n) is 2.29. The summed E-state index contributed by atoms with van der Waals surface area (Å²) < 4.78 is 0. The summed E-state index contributed by atoms with van der Waals surface area (Å²) in [5, 5.41) is 16.1. The Morgan fingerprint density at radius 1 is 1.26 bits per heavy atom. The van der Waals surface area contributed by atoms with Crippen LogP contribution < -0.4 is 10.4 Å². The van der Waals surface area contributed by atoms with Crippen LogP contribution in [0.2, 0.25) is 0 Å². The van der Waals surface area contributed by atoms with Gasteiger partial charge in [0.05, 0.1) is 5.69 Å². The van der Waals surface area contributed by atoms with Gasteiger partial charge in [-0.25, -0.2) is 4.98 Å². The molecule has 1 aromatic carbocycles. The van der Waals surface area contributed by atoms with Crippen molar-refractivity contribution >= 4 is 28.3 Å². The minimum absolute atomic E-state index is 0.152. The summed E-state index contributed by atoms with van der Waals surface area (Å²) in [5.74, 6) is -1.87. The lowest BCUT2D eigenvalue weighted by molar-refractivity contribution is -0.312. The molecule has 0 saturated carbocycles. The van der Waals surface area contributed by atoms with Gasteiger partial charge in [0.25, 0.3) is 0 Å². The first-order chi connectivity index (χ1) is 11.1. The van der Waals surface area contributed by atoms with Crippen molar-refractivity contribution in [1.82, 2.24) is 4.98 Å². The summed E-state index contributed by atoms with van der Waals surface area (Å²) in [6.07, 6.45) is 1.73. The number of hydrogen-bond donors (Lipinski definition) is 1. The molecule has 0 aliphatic rings. The highest BCUT2D eigenvalue weighted by Gasteiger charge is 2.13. The molecule has 0 aliphatic heterocycles. The van der Waals surface area contributed by atoms with E-state index in [0.717, 1.165) is 17.7 Å². The van der Waals surface area contributed by atoms with Gasteiger partial charge in [-0.1, -0.05) is 43.7 Å². The first-order valence-electron chi connectivity index (χ1n) is 7.61. The van der Waals surface area contributed by atoms with E-state index in [0.29, 0.717) is 18.0 Å². The number of carboxylic acids is 1. The van der Waals surface area contributed by atoms with Gasteiger partial charge >= 0.3 is 0 Å². The fourth-order valence-corrected chi connectivity index (χ4v) is 3.02. The maximum atomic E-state index is 11.9. The van der Waals surface area contributed by atoms with Crippen molar-refractivity contribution in [2.24, 2.45) is 5.92 Å². The number of aromatic nitrogens is 1. The molecule has 2 aromatic rings. The molecular weight excluding hydrogens is 312 g/mol. The zero-order valence-corrected chi connectivity index (χ0v) is 13.8. The Hall–Kier alpha value is -2.21. The molecule has 23 heavy (non-hydrogen) atoms. The standard InChI is InChI=1S/C17H20N2O3S/c1-2-6-13(16(21)22)9-10-15(20)19-17-18-14(11-23-17)12-7-4-3-5-8-12/h3-5,7-8,11,13H,2,6,9-10H2,1H3,(H,21,22)(H,18,19,20)/p-1/t13-/m1/s1. The van der Waals surface area contributed by atoms with E-state index in [2.05, 4.69) is 10.3 Å². The summed E-state index contributed by atoms with van der Waals surface area (Å²) in [4.78, 5) is 27.3. The third-order valence-corrected chi connectivity index (χ3v) is 4.27. The van der Waals surface area contributed by atoms with Gasteiger partial charge in [-0.3, -0.25) is 4.79 Å². The van der Waals surface area contributed by atoms with E-state index in [1.54, 1.807) is 0 Å². The molecule has 0 fully saturated rings. The fraction of sp³-hybridized carbons (Fsp3) is 0.353. The van der Waals surface area contributed by atoms with Crippen molar-refractivity contribution in [2.75, 3.05) is 5.32 Å². The highest BCUT2D eigenvalue weighted by Crippen LogP contribution is 2.24. The average Bonchev–Trinajstić information content (AvgIpc) is 3.00. The van der Waals surface area contributed by atoms with Crippen molar-refractivity contribution in [3.05, 3.63) is 35.7 Å². The summed E-state index contributed by atoms with van der Waals surface area (Å²) >= 11 is 1.35. The minimum Gasteiger partial charge on any atom is -0.550 e. The third-order valence-electron chi connectivity index (χ3n) is 3.51. The zero-order chi connectivity index (χ0) is 16.7. The minimum atomic E-state index is -1.08. The number of anilines is 1. The summed E-state index contributed by atoms with van der Waals surface area (Å²) in [7, 11) is 0. The molecule has 0 aliphatic carbocycles. The molecule has 5 nitrogen and oxygen atoms in total. The van der Waals surface area contributed by atoms with E-state index in [1.807, 2.05) is 42.6 Å². The number of hydrogen-bond acceptors (Lipinski definition) is 5. The van der Waals surface area contributed by atoms with Gasteiger partial charge in [0, 0.05) is 23.3 Å². The van der Waals surface area contributed by atoms with Crippen LogP contribution in [0.4, 0.5) is 5.13 Å². The number of rotatable bonds is 8. The molecule has 1 heterocycles. The Labute approximate surface area is 139 Å². The number of carboxylic acid groups (broad SMARTS) is 1. The second kappa shape index (κ2) is 8.43. The Balaban J connectivity index is 1.88. The first kappa shape index (κ1) is 17.1. The van der Waals surface area contributed by atoms with Gasteiger partial charge < -0.3 is 15.2 Å². The number of aliphatic carboxylic acids is 1. The van der Waals surface area contributed by atoms with Gasteiger partial charge in [0.2, 0.25) is 5.91 Å². The predicted molar refractivity (Wildman–Crippen MR) is 88.8 cm³/mol. The van der Waals surface area contributed by atoms with E-state index in [-0.39, 0.29) is 12.3 Å². The van der Waals surface area contributed by atoms with Crippen LogP contribution in [0.1, 0.15) is 32.6 Å². The summed E-state index contributed by atoms with van der Waals surface area (Å²) in [5.41, 5.74) is 1.80. The van der Waals surface area contributed by atoms with Crippen LogP contribution in [-0.2, 0) is 9.59 Å². The Morgan fingerprint density at radius 3 is 2.65 bits per heavy atom. The van der Waals surface area contributed by atoms with Crippen LogP contribution in [0.25, 0.3) is 11.3 Å². The molecule has 6 heteroatoms. The maximum Gasteiger partial charge on any atom is 0.226 e. The van der Waals surface area contributed by atoms with Crippen LogP contribution in [0.5, 0.6) is 0 Å². The molecule has 1 N–H and O–H groups in total.